The number of thiazole rings is 1. The lowest BCUT2D eigenvalue weighted by Crippen LogP contribution is -2.25. The van der Waals surface area contributed by atoms with Gasteiger partial charge in [0, 0.05) is 40.8 Å². The molecule has 0 bridgehead atoms. The van der Waals surface area contributed by atoms with Gasteiger partial charge in [-0.1, -0.05) is 0 Å². The van der Waals surface area contributed by atoms with E-state index in [1.54, 1.807) is 23.7 Å². The van der Waals surface area contributed by atoms with Crippen LogP contribution in [0.4, 0.5) is 0 Å². The van der Waals surface area contributed by atoms with E-state index in [4.69, 9.17) is 0 Å². The molecule has 0 amide bonds. The van der Waals surface area contributed by atoms with Crippen molar-refractivity contribution in [3.8, 4) is 11.3 Å². The number of hydrogen-bond acceptors (Lipinski definition) is 7. The van der Waals surface area contributed by atoms with E-state index in [1.807, 2.05) is 17.5 Å². The number of aromatic nitrogens is 2. The Hall–Kier alpha value is -2.14. The quantitative estimate of drug-likeness (QED) is 0.378. The zero-order valence-electron chi connectivity index (χ0n) is 15.5. The minimum atomic E-state index is -3.74. The normalized spacial score (nSPS) is 11.4. The van der Waals surface area contributed by atoms with E-state index in [0.29, 0.717) is 17.3 Å². The summed E-state index contributed by atoms with van der Waals surface area (Å²) in [6.45, 7) is 0.260. The SMILES string of the molecule is COC(=O)c1cc(S(=O)(=O)NCCCc2nc(-c3ccncc3)cs2)ccc1Br. The molecule has 1 N–H and O–H groups in total. The molecule has 0 spiro atoms. The maximum atomic E-state index is 12.5. The van der Waals surface area contributed by atoms with Crippen molar-refractivity contribution in [3.63, 3.8) is 0 Å². The Morgan fingerprint density at radius 3 is 2.72 bits per heavy atom. The number of sulfonamides is 1. The van der Waals surface area contributed by atoms with Crippen LogP contribution in [0.15, 0.2) is 57.5 Å². The standard InChI is InChI=1S/C19H18BrN3O4S2/c1-27-19(24)15-11-14(4-5-16(15)20)29(25,26)22-8-2-3-18-23-17(12-28-18)13-6-9-21-10-7-13/h4-7,9-12,22H,2-3,8H2,1H3. The third-order valence-corrected chi connectivity index (χ3v) is 7.10. The minimum Gasteiger partial charge on any atom is -0.465 e. The molecule has 2 heterocycles. The minimum absolute atomic E-state index is 0.00956. The summed E-state index contributed by atoms with van der Waals surface area (Å²) >= 11 is 4.76. The van der Waals surface area contributed by atoms with Gasteiger partial charge in [-0.15, -0.1) is 11.3 Å². The summed E-state index contributed by atoms with van der Waals surface area (Å²) < 4.78 is 32.7. The van der Waals surface area contributed by atoms with Crippen molar-refractivity contribution in [1.82, 2.24) is 14.7 Å². The lowest BCUT2D eigenvalue weighted by atomic mass is 10.2. The number of ether oxygens (including phenoxy) is 1. The highest BCUT2D eigenvalue weighted by Crippen LogP contribution is 2.23. The van der Waals surface area contributed by atoms with Crippen LogP contribution in [0.3, 0.4) is 0 Å². The van der Waals surface area contributed by atoms with Crippen molar-refractivity contribution in [3.05, 3.63) is 63.1 Å². The van der Waals surface area contributed by atoms with Gasteiger partial charge >= 0.3 is 5.97 Å². The molecule has 3 aromatic rings. The van der Waals surface area contributed by atoms with Crippen molar-refractivity contribution >= 4 is 43.3 Å². The fourth-order valence-corrected chi connectivity index (χ4v) is 4.91. The molecule has 0 aliphatic rings. The molecule has 10 heteroatoms. The number of hydrogen-bond donors (Lipinski definition) is 1. The van der Waals surface area contributed by atoms with Crippen LogP contribution in [-0.2, 0) is 21.2 Å². The number of carbonyl (C=O) groups excluding carboxylic acids is 1. The number of aryl methyl sites for hydroxylation is 1. The number of esters is 1. The van der Waals surface area contributed by atoms with E-state index < -0.39 is 16.0 Å². The zero-order valence-corrected chi connectivity index (χ0v) is 18.7. The molecule has 0 aliphatic heterocycles. The Labute approximate surface area is 181 Å². The van der Waals surface area contributed by atoms with Crippen LogP contribution in [-0.4, -0.2) is 38.0 Å². The van der Waals surface area contributed by atoms with E-state index in [-0.39, 0.29) is 17.0 Å². The first kappa shape index (κ1) is 21.6. The van der Waals surface area contributed by atoms with Gasteiger partial charge in [0.15, 0.2) is 0 Å². The van der Waals surface area contributed by atoms with Crippen LogP contribution in [0.25, 0.3) is 11.3 Å². The molecule has 0 atom stereocenters. The highest BCUT2D eigenvalue weighted by atomic mass is 79.9. The first-order chi connectivity index (χ1) is 13.9. The van der Waals surface area contributed by atoms with Crippen LogP contribution in [0, 0.1) is 0 Å². The number of halogens is 1. The second kappa shape index (κ2) is 9.57. The summed E-state index contributed by atoms with van der Waals surface area (Å²) in [7, 11) is -2.49. The predicted molar refractivity (Wildman–Crippen MR) is 114 cm³/mol. The predicted octanol–water partition coefficient (Wildman–Crippen LogP) is 3.67. The van der Waals surface area contributed by atoms with Gasteiger partial charge < -0.3 is 4.74 Å². The molecule has 0 unspecified atom stereocenters. The molecular weight excluding hydrogens is 478 g/mol. The van der Waals surface area contributed by atoms with Gasteiger partial charge in [-0.2, -0.15) is 0 Å². The van der Waals surface area contributed by atoms with Gasteiger partial charge in [0.2, 0.25) is 10.0 Å². The lowest BCUT2D eigenvalue weighted by molar-refractivity contribution is 0.0599. The molecule has 0 fully saturated rings. The Kier molecular flexibility index (Phi) is 7.12. The molecule has 7 nitrogen and oxygen atoms in total. The Balaban J connectivity index is 1.58. The summed E-state index contributed by atoms with van der Waals surface area (Å²) in [5.74, 6) is -0.609. The molecule has 0 radical (unpaired) electrons. The third-order valence-electron chi connectivity index (χ3n) is 4.04. The van der Waals surface area contributed by atoms with Crippen molar-refractivity contribution in [2.45, 2.75) is 17.7 Å². The smallest absolute Gasteiger partial charge is 0.339 e. The number of rotatable bonds is 8. The second-order valence-corrected chi connectivity index (χ2v) is 9.56. The van der Waals surface area contributed by atoms with Crippen molar-refractivity contribution in [2.75, 3.05) is 13.7 Å². The monoisotopic (exact) mass is 495 g/mol. The average Bonchev–Trinajstić information content (AvgIpc) is 3.20. The molecule has 1 aromatic carbocycles. The molecular formula is C19H18BrN3O4S2. The highest BCUT2D eigenvalue weighted by molar-refractivity contribution is 9.10. The number of nitrogens with zero attached hydrogens (tertiary/aromatic N) is 2. The topological polar surface area (TPSA) is 98.2 Å². The Morgan fingerprint density at radius 1 is 1.24 bits per heavy atom. The molecule has 29 heavy (non-hydrogen) atoms. The van der Waals surface area contributed by atoms with E-state index in [2.05, 4.69) is 35.4 Å². The number of nitrogens with one attached hydrogen (secondary N) is 1. The first-order valence-electron chi connectivity index (χ1n) is 8.63. The van der Waals surface area contributed by atoms with E-state index >= 15 is 0 Å². The van der Waals surface area contributed by atoms with Gasteiger partial charge in [0.05, 0.1) is 28.3 Å². The fourth-order valence-electron chi connectivity index (χ4n) is 2.55. The van der Waals surface area contributed by atoms with Crippen LogP contribution in [0.1, 0.15) is 21.8 Å². The summed E-state index contributed by atoms with van der Waals surface area (Å²) in [4.78, 5) is 20.3. The molecule has 3 rings (SSSR count). The third kappa shape index (κ3) is 5.47. The van der Waals surface area contributed by atoms with E-state index in [9.17, 15) is 13.2 Å². The fraction of sp³-hybridized carbons (Fsp3) is 0.211. The molecule has 2 aromatic heterocycles. The summed E-state index contributed by atoms with van der Waals surface area (Å²) in [6, 6.07) is 8.03. The van der Waals surface area contributed by atoms with Crippen molar-refractivity contribution in [2.24, 2.45) is 0 Å². The van der Waals surface area contributed by atoms with Crippen molar-refractivity contribution in [1.29, 1.82) is 0 Å². The van der Waals surface area contributed by atoms with Gasteiger partial charge in [0.25, 0.3) is 0 Å². The summed E-state index contributed by atoms with van der Waals surface area (Å²) in [6.07, 6.45) is 4.70. The van der Waals surface area contributed by atoms with Crippen LogP contribution in [0.5, 0.6) is 0 Å². The highest BCUT2D eigenvalue weighted by Gasteiger charge is 2.18. The van der Waals surface area contributed by atoms with Gasteiger partial charge in [-0.05, 0) is 52.7 Å². The van der Waals surface area contributed by atoms with E-state index in [1.165, 1.54) is 25.3 Å². The van der Waals surface area contributed by atoms with Crippen molar-refractivity contribution < 1.29 is 17.9 Å². The van der Waals surface area contributed by atoms with Gasteiger partial charge in [-0.3, -0.25) is 4.98 Å². The number of methoxy groups -OCH3 is 1. The summed E-state index contributed by atoms with van der Waals surface area (Å²) in [5.41, 5.74) is 2.04. The van der Waals surface area contributed by atoms with E-state index in [0.717, 1.165) is 16.3 Å². The van der Waals surface area contributed by atoms with Gasteiger partial charge in [0.1, 0.15) is 0 Å². The number of benzene rings is 1. The van der Waals surface area contributed by atoms with Crippen LogP contribution in [0.2, 0.25) is 0 Å². The molecule has 0 aliphatic carbocycles. The Bertz CT molecular complexity index is 1100. The van der Waals surface area contributed by atoms with Crippen LogP contribution >= 0.6 is 27.3 Å². The largest absolute Gasteiger partial charge is 0.465 e. The average molecular weight is 496 g/mol. The van der Waals surface area contributed by atoms with Crippen LogP contribution < -0.4 is 4.72 Å². The second-order valence-electron chi connectivity index (χ2n) is 6.00. The molecule has 0 saturated heterocycles. The molecule has 152 valence electrons. The Morgan fingerprint density at radius 2 is 2.00 bits per heavy atom. The molecule has 0 saturated carbocycles. The lowest BCUT2D eigenvalue weighted by Gasteiger charge is -2.09. The maximum Gasteiger partial charge on any atom is 0.339 e. The zero-order chi connectivity index (χ0) is 20.9. The number of carbonyl (C=O) groups is 1. The first-order valence-corrected chi connectivity index (χ1v) is 11.8. The van der Waals surface area contributed by atoms with Gasteiger partial charge in [-0.25, -0.2) is 22.9 Å². The maximum absolute atomic E-state index is 12.5. The number of pyridine rings is 1. The summed E-state index contributed by atoms with van der Waals surface area (Å²) in [5, 5.41) is 2.91.